The molecule has 1 aliphatic heterocycles. The normalized spacial score (nSPS) is 14.6. The number of hydrogen-bond acceptors (Lipinski definition) is 5. The molecule has 2 aromatic heterocycles. The summed E-state index contributed by atoms with van der Waals surface area (Å²) >= 11 is 0. The van der Waals surface area contributed by atoms with Gasteiger partial charge in [-0.25, -0.2) is 9.97 Å². The molecule has 8 heteroatoms. The number of methoxy groups -OCH3 is 1. The molecule has 0 saturated carbocycles. The van der Waals surface area contributed by atoms with Gasteiger partial charge in [-0.1, -0.05) is 30.3 Å². The van der Waals surface area contributed by atoms with E-state index in [4.69, 9.17) is 4.74 Å². The van der Waals surface area contributed by atoms with Gasteiger partial charge in [-0.15, -0.1) is 0 Å². The van der Waals surface area contributed by atoms with Gasteiger partial charge in [0.05, 0.1) is 11.9 Å². The molecule has 3 heterocycles. The number of ether oxygens (including phenoxy) is 1. The van der Waals surface area contributed by atoms with Gasteiger partial charge in [0.1, 0.15) is 12.1 Å². The summed E-state index contributed by atoms with van der Waals surface area (Å²) in [7, 11) is 1.51. The van der Waals surface area contributed by atoms with Gasteiger partial charge in [0.25, 0.3) is 5.91 Å². The molecular weight excluding hydrogens is 394 g/mol. The second-order valence-corrected chi connectivity index (χ2v) is 7.70. The van der Waals surface area contributed by atoms with E-state index in [1.165, 1.54) is 12.7 Å². The third-order valence-corrected chi connectivity index (χ3v) is 5.59. The van der Waals surface area contributed by atoms with E-state index in [0.29, 0.717) is 37.3 Å². The zero-order valence-electron chi connectivity index (χ0n) is 17.7. The first kappa shape index (κ1) is 21.0. The predicted octanol–water partition coefficient (Wildman–Crippen LogP) is 1.99. The number of nitrogens with zero attached hydrogens (tertiary/aromatic N) is 5. The van der Waals surface area contributed by atoms with Crippen molar-refractivity contribution in [3.8, 4) is 0 Å². The first-order chi connectivity index (χ1) is 15.2. The minimum Gasteiger partial charge on any atom is -0.375 e. The van der Waals surface area contributed by atoms with Crippen LogP contribution in [-0.4, -0.2) is 76.0 Å². The van der Waals surface area contributed by atoms with Gasteiger partial charge in [0.15, 0.2) is 5.65 Å². The molecule has 3 aromatic rings. The van der Waals surface area contributed by atoms with Crippen molar-refractivity contribution in [1.29, 1.82) is 0 Å². The maximum atomic E-state index is 13.0. The fourth-order valence-corrected chi connectivity index (χ4v) is 3.89. The molecule has 0 radical (unpaired) electrons. The van der Waals surface area contributed by atoms with Gasteiger partial charge in [0, 0.05) is 46.0 Å². The largest absolute Gasteiger partial charge is 0.375 e. The van der Waals surface area contributed by atoms with Gasteiger partial charge in [-0.05, 0) is 24.5 Å². The highest BCUT2D eigenvalue weighted by molar-refractivity contribution is 5.96. The minimum absolute atomic E-state index is 0.0408. The maximum absolute atomic E-state index is 13.0. The standard InChI is InChI=1S/C23H27N5O3/c1-31-16-21(29)26-9-5-10-27(13-12-26)23(30)19-14-20-22(24-15-19)28(17-25-20)11-8-18-6-3-2-4-7-18/h2-4,6-7,14-15,17H,5,8-13,16H2,1H3. The second-order valence-electron chi connectivity index (χ2n) is 7.70. The highest BCUT2D eigenvalue weighted by atomic mass is 16.5. The van der Waals surface area contributed by atoms with Crippen LogP contribution in [0.2, 0.25) is 0 Å². The van der Waals surface area contributed by atoms with E-state index in [9.17, 15) is 9.59 Å². The SMILES string of the molecule is COCC(=O)N1CCCN(C(=O)c2cnc3c(c2)ncn3CCc2ccccc2)CC1. The summed E-state index contributed by atoms with van der Waals surface area (Å²) in [5, 5.41) is 0. The number of imidazole rings is 1. The molecule has 1 fully saturated rings. The van der Waals surface area contributed by atoms with Crippen LogP contribution in [0.1, 0.15) is 22.3 Å². The smallest absolute Gasteiger partial charge is 0.255 e. The Morgan fingerprint density at radius 3 is 2.61 bits per heavy atom. The van der Waals surface area contributed by atoms with Crippen LogP contribution in [0.4, 0.5) is 0 Å². The number of fused-ring (bicyclic) bond motifs is 1. The maximum Gasteiger partial charge on any atom is 0.255 e. The van der Waals surface area contributed by atoms with Crippen molar-refractivity contribution in [3.05, 3.63) is 60.0 Å². The van der Waals surface area contributed by atoms with Gasteiger partial charge >= 0.3 is 0 Å². The molecule has 31 heavy (non-hydrogen) atoms. The molecule has 0 N–H and O–H groups in total. The van der Waals surface area contributed by atoms with E-state index in [1.807, 2.05) is 28.8 Å². The molecule has 0 aliphatic carbocycles. The summed E-state index contributed by atoms with van der Waals surface area (Å²) in [4.78, 5) is 37.6. The summed E-state index contributed by atoms with van der Waals surface area (Å²) in [6.45, 7) is 3.10. The molecule has 162 valence electrons. The number of amides is 2. The van der Waals surface area contributed by atoms with Crippen molar-refractivity contribution in [3.63, 3.8) is 0 Å². The number of hydrogen-bond donors (Lipinski definition) is 0. The fraction of sp³-hybridized carbons (Fsp3) is 0.391. The Hall–Kier alpha value is -3.26. The molecule has 1 saturated heterocycles. The zero-order valence-corrected chi connectivity index (χ0v) is 17.7. The molecule has 0 bridgehead atoms. The Kier molecular flexibility index (Phi) is 6.57. The first-order valence-corrected chi connectivity index (χ1v) is 10.6. The van der Waals surface area contributed by atoms with Crippen LogP contribution in [0.15, 0.2) is 48.9 Å². The van der Waals surface area contributed by atoms with E-state index in [0.717, 1.165) is 25.0 Å². The molecule has 0 spiro atoms. The van der Waals surface area contributed by atoms with E-state index in [1.54, 1.807) is 22.3 Å². The Bertz CT molecular complexity index is 1050. The number of rotatable bonds is 6. The van der Waals surface area contributed by atoms with Crippen molar-refractivity contribution in [2.75, 3.05) is 39.9 Å². The lowest BCUT2D eigenvalue weighted by Crippen LogP contribution is -2.38. The third kappa shape index (κ3) is 4.91. The lowest BCUT2D eigenvalue weighted by atomic mass is 10.1. The summed E-state index contributed by atoms with van der Waals surface area (Å²) < 4.78 is 6.95. The summed E-state index contributed by atoms with van der Waals surface area (Å²) in [5.74, 6) is -0.116. The number of benzene rings is 1. The van der Waals surface area contributed by atoms with Gasteiger partial charge in [0.2, 0.25) is 5.91 Å². The quantitative estimate of drug-likeness (QED) is 0.608. The first-order valence-electron chi connectivity index (χ1n) is 10.6. The molecule has 0 atom stereocenters. The third-order valence-electron chi connectivity index (χ3n) is 5.59. The molecule has 8 nitrogen and oxygen atoms in total. The van der Waals surface area contributed by atoms with Crippen molar-refractivity contribution in [2.24, 2.45) is 0 Å². The molecule has 1 aromatic carbocycles. The average molecular weight is 422 g/mol. The highest BCUT2D eigenvalue weighted by Gasteiger charge is 2.23. The van der Waals surface area contributed by atoms with Crippen LogP contribution in [0, 0.1) is 0 Å². The van der Waals surface area contributed by atoms with Crippen LogP contribution in [-0.2, 0) is 22.5 Å². The Labute approximate surface area is 181 Å². The Morgan fingerprint density at radius 1 is 1.03 bits per heavy atom. The zero-order chi connectivity index (χ0) is 21.6. The number of carbonyl (C=O) groups is 2. The average Bonchev–Trinajstić information content (AvgIpc) is 3.03. The van der Waals surface area contributed by atoms with Crippen LogP contribution < -0.4 is 0 Å². The lowest BCUT2D eigenvalue weighted by molar-refractivity contribution is -0.135. The predicted molar refractivity (Wildman–Crippen MR) is 117 cm³/mol. The lowest BCUT2D eigenvalue weighted by Gasteiger charge is -2.22. The number of aryl methyl sites for hydroxylation is 2. The topological polar surface area (TPSA) is 80.6 Å². The molecule has 4 rings (SSSR count). The van der Waals surface area contributed by atoms with Gasteiger partial charge in [-0.3, -0.25) is 9.59 Å². The van der Waals surface area contributed by atoms with E-state index in [-0.39, 0.29) is 18.4 Å². The van der Waals surface area contributed by atoms with Crippen LogP contribution in [0.3, 0.4) is 0 Å². The summed E-state index contributed by atoms with van der Waals surface area (Å²) in [6.07, 6.45) is 5.04. The monoisotopic (exact) mass is 421 g/mol. The molecule has 1 aliphatic rings. The molecule has 0 unspecified atom stereocenters. The number of aromatic nitrogens is 3. The summed E-state index contributed by atoms with van der Waals surface area (Å²) in [5.41, 5.74) is 3.28. The van der Waals surface area contributed by atoms with Gasteiger partial charge < -0.3 is 19.1 Å². The van der Waals surface area contributed by atoms with Crippen LogP contribution in [0.25, 0.3) is 11.2 Å². The van der Waals surface area contributed by atoms with E-state index >= 15 is 0 Å². The van der Waals surface area contributed by atoms with Gasteiger partial charge in [-0.2, -0.15) is 0 Å². The highest BCUT2D eigenvalue weighted by Crippen LogP contribution is 2.16. The summed E-state index contributed by atoms with van der Waals surface area (Å²) in [6, 6.07) is 12.1. The van der Waals surface area contributed by atoms with E-state index < -0.39 is 0 Å². The molecular formula is C23H27N5O3. The Balaban J connectivity index is 1.42. The van der Waals surface area contributed by atoms with Crippen molar-refractivity contribution < 1.29 is 14.3 Å². The van der Waals surface area contributed by atoms with Crippen LogP contribution >= 0.6 is 0 Å². The fourth-order valence-electron chi connectivity index (χ4n) is 3.89. The van der Waals surface area contributed by atoms with E-state index in [2.05, 4.69) is 22.1 Å². The second kappa shape index (κ2) is 9.70. The molecule has 2 amide bonds. The van der Waals surface area contributed by atoms with Crippen molar-refractivity contribution >= 4 is 23.0 Å². The Morgan fingerprint density at radius 2 is 1.81 bits per heavy atom. The number of pyridine rings is 1. The minimum atomic E-state index is -0.0747. The number of carbonyl (C=O) groups excluding carboxylic acids is 2. The van der Waals surface area contributed by atoms with Crippen molar-refractivity contribution in [1.82, 2.24) is 24.3 Å². The van der Waals surface area contributed by atoms with Crippen molar-refractivity contribution in [2.45, 2.75) is 19.4 Å². The van der Waals surface area contributed by atoms with Crippen LogP contribution in [0.5, 0.6) is 0 Å².